The minimum absolute atomic E-state index is 0.172. The molecule has 1 N–H and O–H groups in total. The number of morpholine rings is 4. The lowest BCUT2D eigenvalue weighted by Gasteiger charge is -2.46. The van der Waals surface area contributed by atoms with Gasteiger partial charge in [0.15, 0.2) is 0 Å². The quantitative estimate of drug-likeness (QED) is 0.169. The maximum Gasteiger partial charge on any atom is 0.328 e. The normalized spacial score (nSPS) is 20.5. The highest BCUT2D eigenvalue weighted by Gasteiger charge is 2.51. The van der Waals surface area contributed by atoms with Crippen LogP contribution < -0.4 is 39.3 Å². The first-order valence-electron chi connectivity index (χ1n) is 21.3. The molecule has 7 heterocycles. The first-order valence-corrected chi connectivity index (χ1v) is 22.1. The number of anilines is 7. The van der Waals surface area contributed by atoms with E-state index in [1.54, 1.807) is 23.1 Å². The Hall–Kier alpha value is -5.83. The van der Waals surface area contributed by atoms with Crippen molar-refractivity contribution >= 4 is 70.2 Å². The Morgan fingerprint density at radius 1 is 0.578 bits per heavy atom. The molecule has 0 unspecified atom stereocenters. The number of halogens is 2. The zero-order valence-corrected chi connectivity index (χ0v) is 36.4. The van der Waals surface area contributed by atoms with Gasteiger partial charge in [0.25, 0.3) is 5.91 Å². The van der Waals surface area contributed by atoms with E-state index in [0.29, 0.717) is 162 Å². The third-order valence-electron chi connectivity index (χ3n) is 11.4. The number of benzene rings is 3. The summed E-state index contributed by atoms with van der Waals surface area (Å²) in [5.74, 6) is 3.25. The molecule has 3 aromatic carbocycles. The van der Waals surface area contributed by atoms with Crippen LogP contribution >= 0.6 is 23.2 Å². The molecule has 21 heteroatoms. The molecule has 5 fully saturated rings. The van der Waals surface area contributed by atoms with Crippen molar-refractivity contribution < 1.29 is 33.2 Å². The molecule has 0 radical (unpaired) electrons. The number of amides is 1. The molecule has 5 aliphatic heterocycles. The molecule has 0 saturated carbocycles. The molecule has 0 bridgehead atoms. The molecule has 10 rings (SSSR count). The van der Waals surface area contributed by atoms with Crippen molar-refractivity contribution in [1.82, 2.24) is 29.9 Å². The van der Waals surface area contributed by atoms with Gasteiger partial charge in [-0.2, -0.15) is 29.9 Å². The van der Waals surface area contributed by atoms with Gasteiger partial charge in [-0.05, 0) is 60.2 Å². The Balaban J connectivity index is 0.906. The number of hydrogen-bond acceptors (Lipinski definition) is 18. The molecule has 0 aliphatic carbocycles. The van der Waals surface area contributed by atoms with E-state index in [2.05, 4.69) is 24.9 Å². The smallest absolute Gasteiger partial charge is 0.328 e. The summed E-state index contributed by atoms with van der Waals surface area (Å²) >= 11 is 12.7. The number of aromatic nitrogens is 6. The summed E-state index contributed by atoms with van der Waals surface area (Å²) in [4.78, 5) is 52.7. The Bertz CT molecular complexity index is 2340. The topological polar surface area (TPSA) is 178 Å². The van der Waals surface area contributed by atoms with E-state index in [9.17, 15) is 4.79 Å². The van der Waals surface area contributed by atoms with Gasteiger partial charge >= 0.3 is 6.01 Å². The van der Waals surface area contributed by atoms with E-state index in [1.165, 1.54) is 0 Å². The molecule has 5 saturated heterocycles. The Labute approximate surface area is 379 Å². The summed E-state index contributed by atoms with van der Waals surface area (Å²) in [5, 5.41) is 4.12. The van der Waals surface area contributed by atoms with Crippen molar-refractivity contribution in [3.63, 3.8) is 0 Å². The van der Waals surface area contributed by atoms with Crippen molar-refractivity contribution in [2.75, 3.05) is 135 Å². The minimum atomic E-state index is -0.888. The number of carbonyl (C=O) groups is 1. The van der Waals surface area contributed by atoms with Crippen molar-refractivity contribution in [1.29, 1.82) is 0 Å². The predicted molar refractivity (Wildman–Crippen MR) is 239 cm³/mol. The van der Waals surface area contributed by atoms with E-state index in [4.69, 9.17) is 81.5 Å². The van der Waals surface area contributed by atoms with Crippen LogP contribution in [0.5, 0.6) is 17.5 Å². The number of carbonyl (C=O) groups excluding carboxylic acids is 1. The molecular formula is C43H46Cl2N12O7. The molecule has 0 spiro atoms. The fourth-order valence-corrected chi connectivity index (χ4v) is 8.43. The van der Waals surface area contributed by atoms with Crippen LogP contribution in [-0.2, 0) is 23.7 Å². The molecule has 5 aliphatic rings. The standard InChI is InChI=1S/C43H46Cl2N12O7/c44-29-3-10-34(33(45)27-29)64-36-35(28-1-8-32(9-2-28)63-43-51-41(55-15-23-61-24-16-55)50-42(52-43)56-17-25-62-26-18-56)57(37(36)58)31-6-4-30(5-7-31)46-38-47-39(53-11-19-59-20-12-53)49-40(48-38)54-13-21-60-22-14-54/h1-10,27,35-36H,11-26H2,(H,46,47,48,49)/t35-,36+/m1/s1. The number of β-lactam (4-membered cyclic amide) rings is 1. The van der Waals surface area contributed by atoms with E-state index in [1.807, 2.05) is 48.5 Å². The molecule has 64 heavy (non-hydrogen) atoms. The van der Waals surface area contributed by atoms with Gasteiger partial charge in [0.2, 0.25) is 35.8 Å². The molecule has 2 aromatic heterocycles. The van der Waals surface area contributed by atoms with Crippen LogP contribution in [0.15, 0.2) is 66.7 Å². The maximum atomic E-state index is 14.1. The number of nitrogens with one attached hydrogen (secondary N) is 1. The Morgan fingerprint density at radius 3 is 1.55 bits per heavy atom. The highest BCUT2D eigenvalue weighted by Crippen LogP contribution is 2.43. The van der Waals surface area contributed by atoms with Crippen LogP contribution in [0.4, 0.5) is 41.1 Å². The number of nitrogens with zero attached hydrogens (tertiary/aromatic N) is 11. The van der Waals surface area contributed by atoms with E-state index >= 15 is 0 Å². The van der Waals surface area contributed by atoms with Crippen molar-refractivity contribution in [2.24, 2.45) is 0 Å². The fraction of sp³-hybridized carbons (Fsp3) is 0.419. The lowest BCUT2D eigenvalue weighted by molar-refractivity contribution is -0.135. The summed E-state index contributed by atoms with van der Waals surface area (Å²) in [6, 6.07) is 19.6. The molecule has 334 valence electrons. The van der Waals surface area contributed by atoms with Gasteiger partial charge in [-0.1, -0.05) is 35.3 Å². The Kier molecular flexibility index (Phi) is 12.6. The van der Waals surface area contributed by atoms with Crippen LogP contribution in [0, 0.1) is 0 Å². The van der Waals surface area contributed by atoms with Crippen LogP contribution in [0.25, 0.3) is 0 Å². The molecule has 2 atom stereocenters. The number of rotatable bonds is 12. The zero-order valence-electron chi connectivity index (χ0n) is 34.9. The predicted octanol–water partition coefficient (Wildman–Crippen LogP) is 4.78. The summed E-state index contributed by atoms with van der Waals surface area (Å²) in [7, 11) is 0. The number of ether oxygens (including phenoxy) is 6. The average molecular weight is 914 g/mol. The van der Waals surface area contributed by atoms with Crippen LogP contribution in [0.1, 0.15) is 11.6 Å². The van der Waals surface area contributed by atoms with Gasteiger partial charge in [-0.3, -0.25) is 9.69 Å². The lowest BCUT2D eigenvalue weighted by atomic mass is 9.89. The Morgan fingerprint density at radius 2 is 1.06 bits per heavy atom. The monoisotopic (exact) mass is 912 g/mol. The van der Waals surface area contributed by atoms with Crippen LogP contribution in [0.2, 0.25) is 10.0 Å². The van der Waals surface area contributed by atoms with Crippen molar-refractivity contribution in [3.8, 4) is 17.5 Å². The summed E-state index contributed by atoms with van der Waals surface area (Å²) in [6.07, 6.45) is -0.888. The van der Waals surface area contributed by atoms with E-state index in [0.717, 1.165) is 11.3 Å². The second kappa shape index (κ2) is 19.1. The first kappa shape index (κ1) is 42.1. The van der Waals surface area contributed by atoms with Crippen molar-refractivity contribution in [3.05, 3.63) is 82.3 Å². The maximum absolute atomic E-state index is 14.1. The summed E-state index contributed by atoms with van der Waals surface area (Å²) in [5.41, 5.74) is 2.20. The van der Waals surface area contributed by atoms with Gasteiger partial charge in [-0.25, -0.2) is 0 Å². The minimum Gasteiger partial charge on any atom is -0.476 e. The zero-order chi connectivity index (χ0) is 43.4. The third-order valence-corrected chi connectivity index (χ3v) is 11.9. The van der Waals surface area contributed by atoms with Crippen LogP contribution in [-0.4, -0.2) is 147 Å². The highest BCUT2D eigenvalue weighted by atomic mass is 35.5. The fourth-order valence-electron chi connectivity index (χ4n) is 7.98. The van der Waals surface area contributed by atoms with Gasteiger partial charge in [0.1, 0.15) is 17.5 Å². The van der Waals surface area contributed by atoms with Crippen molar-refractivity contribution in [2.45, 2.75) is 12.1 Å². The largest absolute Gasteiger partial charge is 0.476 e. The second-order valence-corrected chi connectivity index (χ2v) is 16.3. The van der Waals surface area contributed by atoms with E-state index in [-0.39, 0.29) is 11.9 Å². The van der Waals surface area contributed by atoms with Gasteiger partial charge < -0.3 is 53.3 Å². The highest BCUT2D eigenvalue weighted by molar-refractivity contribution is 6.35. The first-order chi connectivity index (χ1) is 31.4. The summed E-state index contributed by atoms with van der Waals surface area (Å²) in [6.45, 7) is 10.1. The van der Waals surface area contributed by atoms with Gasteiger partial charge in [0.05, 0.1) is 57.9 Å². The average Bonchev–Trinajstić information content (AvgIpc) is 3.34. The molecule has 1 amide bonds. The lowest BCUT2D eigenvalue weighted by Crippen LogP contribution is -2.61. The number of hydrogen-bond donors (Lipinski definition) is 1. The second-order valence-electron chi connectivity index (χ2n) is 15.5. The molecule has 5 aromatic rings. The SMILES string of the molecule is O=C1[C@@H](Oc2ccc(Cl)cc2Cl)[C@@H](c2ccc(Oc3nc(N4CCOCC4)nc(N4CCOCC4)n3)cc2)N1c1ccc(Nc2nc(N3CCOCC3)nc(N3CCOCC3)n2)cc1. The van der Waals surface area contributed by atoms with Gasteiger partial charge in [-0.15, -0.1) is 0 Å². The van der Waals surface area contributed by atoms with Crippen LogP contribution in [0.3, 0.4) is 0 Å². The third kappa shape index (κ3) is 9.36. The molecule has 19 nitrogen and oxygen atoms in total. The van der Waals surface area contributed by atoms with E-state index < -0.39 is 12.1 Å². The van der Waals surface area contributed by atoms with Gasteiger partial charge in [0, 0.05) is 68.8 Å². The summed E-state index contributed by atoms with van der Waals surface area (Å²) < 4.78 is 34.9. The molecular weight excluding hydrogens is 867 g/mol.